The molecule has 8 heteroatoms. The van der Waals surface area contributed by atoms with Crippen LogP contribution in [0.4, 0.5) is 0 Å². The van der Waals surface area contributed by atoms with Crippen molar-refractivity contribution in [1.29, 1.82) is 0 Å². The van der Waals surface area contributed by atoms with Crippen LogP contribution in [0.1, 0.15) is 33.6 Å². The lowest BCUT2D eigenvalue weighted by atomic mass is 9.98. The van der Waals surface area contributed by atoms with E-state index < -0.39 is 0 Å². The molecule has 2 rings (SSSR count). The summed E-state index contributed by atoms with van der Waals surface area (Å²) < 4.78 is 10.6. The van der Waals surface area contributed by atoms with Crippen LogP contribution in [0.15, 0.2) is 22.7 Å². The Hall–Kier alpha value is -2.71. The molecule has 0 saturated heterocycles. The number of nitrogens with zero attached hydrogens (tertiary/aromatic N) is 3. The van der Waals surface area contributed by atoms with E-state index in [0.29, 0.717) is 25.5 Å². The van der Waals surface area contributed by atoms with Gasteiger partial charge in [0.15, 0.2) is 11.5 Å². The Morgan fingerprint density at radius 3 is 2.35 bits per heavy atom. The molecule has 0 fully saturated rings. The number of rotatable bonds is 11. The minimum absolute atomic E-state index is 0.0937. The molecule has 1 N–H and O–H groups in total. The number of hydrogen-bond donors (Lipinski definition) is 1. The van der Waals surface area contributed by atoms with Gasteiger partial charge in [-0.05, 0) is 46.0 Å². The smallest absolute Gasteiger partial charge is 0.276 e. The first-order valence-corrected chi connectivity index (χ1v) is 10.5. The average molecular weight is 431 g/mol. The van der Waals surface area contributed by atoms with Gasteiger partial charge in [-0.25, -0.2) is 0 Å². The number of aromatic nitrogens is 1. The molecule has 0 spiro atoms. The fourth-order valence-corrected chi connectivity index (χ4v) is 3.48. The van der Waals surface area contributed by atoms with E-state index >= 15 is 0 Å². The molecule has 0 aliphatic heterocycles. The van der Waals surface area contributed by atoms with E-state index in [9.17, 15) is 9.59 Å². The van der Waals surface area contributed by atoms with Crippen LogP contribution in [0.3, 0.4) is 0 Å². The second-order valence-electron chi connectivity index (χ2n) is 8.04. The molecule has 1 aromatic carbocycles. The average Bonchev–Trinajstić information content (AvgIpc) is 3.16. The third-order valence-electron chi connectivity index (χ3n) is 5.00. The Morgan fingerprint density at radius 2 is 1.74 bits per heavy atom. The third-order valence-corrected chi connectivity index (χ3v) is 5.00. The van der Waals surface area contributed by atoms with Crippen LogP contribution in [0, 0.1) is 20.8 Å². The lowest BCUT2D eigenvalue weighted by Gasteiger charge is -2.21. The monoisotopic (exact) mass is 430 g/mol. The molecule has 0 bridgehead atoms. The predicted octanol–water partition coefficient (Wildman–Crippen LogP) is 2.42. The first kappa shape index (κ1) is 24.6. The summed E-state index contributed by atoms with van der Waals surface area (Å²) >= 11 is 0. The van der Waals surface area contributed by atoms with Crippen molar-refractivity contribution in [2.75, 3.05) is 54.0 Å². The molecule has 2 amide bonds. The highest BCUT2D eigenvalue weighted by atomic mass is 16.5. The number of nitrogens with one attached hydrogen (secondary N) is 1. The van der Waals surface area contributed by atoms with Gasteiger partial charge in [-0.1, -0.05) is 22.9 Å². The zero-order valence-electron chi connectivity index (χ0n) is 19.4. The molecule has 2 aromatic rings. The molecule has 1 aromatic heterocycles. The molecule has 0 saturated carbocycles. The van der Waals surface area contributed by atoms with Crippen LogP contribution >= 0.6 is 0 Å². The van der Waals surface area contributed by atoms with Crippen LogP contribution in [-0.4, -0.2) is 80.8 Å². The first-order valence-electron chi connectivity index (χ1n) is 10.5. The van der Waals surface area contributed by atoms with Gasteiger partial charge in [0.2, 0.25) is 5.91 Å². The van der Waals surface area contributed by atoms with Gasteiger partial charge in [0.05, 0.1) is 6.61 Å². The van der Waals surface area contributed by atoms with Crippen molar-refractivity contribution >= 4 is 11.8 Å². The normalized spacial score (nSPS) is 11.1. The van der Waals surface area contributed by atoms with E-state index in [1.807, 2.05) is 39.8 Å². The quantitative estimate of drug-likeness (QED) is 0.589. The Morgan fingerprint density at radius 1 is 1.06 bits per heavy atom. The number of aryl methyl sites for hydroxylation is 3. The molecular formula is C23H34N4O4. The second-order valence-corrected chi connectivity index (χ2v) is 8.04. The number of carbonyl (C=O) groups is 2. The highest BCUT2D eigenvalue weighted by Crippen LogP contribution is 2.29. The van der Waals surface area contributed by atoms with Gasteiger partial charge in [0.25, 0.3) is 5.91 Å². The molecule has 170 valence electrons. The van der Waals surface area contributed by atoms with Crippen molar-refractivity contribution in [3.05, 3.63) is 40.6 Å². The Bertz CT molecular complexity index is 868. The molecular weight excluding hydrogens is 396 g/mol. The van der Waals surface area contributed by atoms with Crippen LogP contribution in [0.2, 0.25) is 0 Å². The molecule has 0 aliphatic rings. The number of likely N-dealkylation sites (N-methyl/N-ethyl adjacent to an activating group) is 1. The summed E-state index contributed by atoms with van der Waals surface area (Å²) in [5, 5.41) is 6.87. The summed E-state index contributed by atoms with van der Waals surface area (Å²) in [6.45, 7) is 8.42. The SMILES string of the molecule is COCCN(CCC(=O)NCCN(C)C)C(=O)c1cc(-c2c(C)cc(C)cc2C)on1. The van der Waals surface area contributed by atoms with Crippen molar-refractivity contribution in [3.8, 4) is 11.3 Å². The number of methoxy groups -OCH3 is 1. The number of hydrogen-bond acceptors (Lipinski definition) is 6. The number of amides is 2. The topological polar surface area (TPSA) is 87.9 Å². The highest BCUT2D eigenvalue weighted by molar-refractivity contribution is 5.93. The van der Waals surface area contributed by atoms with Gasteiger partial charge in [-0.15, -0.1) is 0 Å². The summed E-state index contributed by atoms with van der Waals surface area (Å²) in [5.74, 6) is 0.186. The molecule has 8 nitrogen and oxygen atoms in total. The van der Waals surface area contributed by atoms with E-state index in [1.54, 1.807) is 18.1 Å². The maximum absolute atomic E-state index is 13.0. The van der Waals surface area contributed by atoms with Crippen molar-refractivity contribution in [3.63, 3.8) is 0 Å². The lowest BCUT2D eigenvalue weighted by molar-refractivity contribution is -0.121. The fraction of sp³-hybridized carbons (Fsp3) is 0.522. The van der Waals surface area contributed by atoms with Crippen LogP contribution in [0.25, 0.3) is 11.3 Å². The first-order chi connectivity index (χ1) is 14.7. The highest BCUT2D eigenvalue weighted by Gasteiger charge is 2.22. The molecule has 31 heavy (non-hydrogen) atoms. The Balaban J connectivity index is 2.09. The van der Waals surface area contributed by atoms with Crippen molar-refractivity contribution in [2.24, 2.45) is 0 Å². The molecule has 0 aliphatic carbocycles. The van der Waals surface area contributed by atoms with E-state index in [-0.39, 0.29) is 30.5 Å². The molecule has 0 radical (unpaired) electrons. The second kappa shape index (κ2) is 11.6. The molecule has 0 unspecified atom stereocenters. The van der Waals surface area contributed by atoms with Gasteiger partial charge in [0.1, 0.15) is 0 Å². The Kier molecular flexibility index (Phi) is 9.21. The van der Waals surface area contributed by atoms with Gasteiger partial charge in [0, 0.05) is 51.3 Å². The van der Waals surface area contributed by atoms with E-state index in [4.69, 9.17) is 9.26 Å². The third kappa shape index (κ3) is 7.18. The number of carbonyl (C=O) groups excluding carboxylic acids is 2. The lowest BCUT2D eigenvalue weighted by Crippen LogP contribution is -2.38. The minimum Gasteiger partial charge on any atom is -0.383 e. The van der Waals surface area contributed by atoms with Crippen molar-refractivity contribution in [2.45, 2.75) is 27.2 Å². The zero-order valence-corrected chi connectivity index (χ0v) is 19.4. The fourth-order valence-electron chi connectivity index (χ4n) is 3.48. The van der Waals surface area contributed by atoms with Crippen LogP contribution in [-0.2, 0) is 9.53 Å². The van der Waals surface area contributed by atoms with E-state index in [2.05, 4.69) is 22.6 Å². The summed E-state index contributed by atoms with van der Waals surface area (Å²) in [6, 6.07) is 5.82. The zero-order chi connectivity index (χ0) is 23.0. The summed E-state index contributed by atoms with van der Waals surface area (Å²) in [7, 11) is 5.47. The van der Waals surface area contributed by atoms with Gasteiger partial charge in [-0.3, -0.25) is 9.59 Å². The van der Waals surface area contributed by atoms with Gasteiger partial charge in [-0.2, -0.15) is 0 Å². The Labute approximate surface area is 184 Å². The predicted molar refractivity (Wildman–Crippen MR) is 120 cm³/mol. The van der Waals surface area contributed by atoms with Gasteiger partial charge >= 0.3 is 0 Å². The molecule has 1 heterocycles. The van der Waals surface area contributed by atoms with Gasteiger partial charge < -0.3 is 24.4 Å². The van der Waals surface area contributed by atoms with Crippen molar-refractivity contribution in [1.82, 2.24) is 20.3 Å². The molecule has 0 atom stereocenters. The number of ether oxygens (including phenoxy) is 1. The standard InChI is InChI=1S/C23H34N4O4/c1-16-13-17(2)22(18(3)14-16)20-15-19(25-31-20)23(29)27(11-12-30-6)9-7-21(28)24-8-10-26(4)5/h13-15H,7-12H2,1-6H3,(H,24,28). The van der Waals surface area contributed by atoms with Crippen molar-refractivity contribution < 1.29 is 18.8 Å². The summed E-state index contributed by atoms with van der Waals surface area (Å²) in [6.07, 6.45) is 0.212. The van der Waals surface area contributed by atoms with E-state index in [0.717, 1.165) is 23.2 Å². The van der Waals surface area contributed by atoms with Crippen LogP contribution in [0.5, 0.6) is 0 Å². The van der Waals surface area contributed by atoms with Crippen LogP contribution < -0.4 is 5.32 Å². The number of benzene rings is 1. The minimum atomic E-state index is -0.282. The maximum atomic E-state index is 13.0. The summed E-state index contributed by atoms with van der Waals surface area (Å²) in [5.41, 5.74) is 4.47. The largest absolute Gasteiger partial charge is 0.383 e. The summed E-state index contributed by atoms with van der Waals surface area (Å²) in [4.78, 5) is 28.7. The van der Waals surface area contributed by atoms with E-state index in [1.165, 1.54) is 5.56 Å². The maximum Gasteiger partial charge on any atom is 0.276 e.